The summed E-state index contributed by atoms with van der Waals surface area (Å²) in [6, 6.07) is 24.0. The van der Waals surface area contributed by atoms with Crippen LogP contribution in [0.4, 0.5) is 5.69 Å². The van der Waals surface area contributed by atoms with Crippen LogP contribution in [0.1, 0.15) is 34.5 Å². The molecule has 0 spiro atoms. The molecule has 0 fully saturated rings. The molecule has 0 heterocycles. The van der Waals surface area contributed by atoms with Crippen LogP contribution in [0.15, 0.2) is 78.9 Å². The Morgan fingerprint density at radius 2 is 1.66 bits per heavy atom. The number of benzene rings is 3. The maximum absolute atomic E-state index is 12.8. The molecule has 0 saturated carbocycles. The van der Waals surface area contributed by atoms with Crippen molar-refractivity contribution in [3.8, 4) is 5.75 Å². The lowest BCUT2D eigenvalue weighted by Crippen LogP contribution is -2.28. The SMILES string of the molecule is Cc1cccc(OCC(=O)Nc2ccccc2C(=O)N[C@H](C)c2ccccc2)c1. The van der Waals surface area contributed by atoms with Crippen LogP contribution >= 0.6 is 0 Å². The van der Waals surface area contributed by atoms with Gasteiger partial charge in [-0.3, -0.25) is 9.59 Å². The molecule has 0 aromatic heterocycles. The lowest BCUT2D eigenvalue weighted by atomic mass is 10.1. The van der Waals surface area contributed by atoms with E-state index >= 15 is 0 Å². The fourth-order valence-corrected chi connectivity index (χ4v) is 2.93. The Labute approximate surface area is 170 Å². The molecule has 3 aromatic rings. The summed E-state index contributed by atoms with van der Waals surface area (Å²) in [4.78, 5) is 25.1. The Morgan fingerprint density at radius 1 is 0.931 bits per heavy atom. The third kappa shape index (κ3) is 5.69. The minimum Gasteiger partial charge on any atom is -0.484 e. The van der Waals surface area contributed by atoms with Crippen LogP contribution in [-0.4, -0.2) is 18.4 Å². The molecule has 5 heteroatoms. The van der Waals surface area contributed by atoms with Crippen molar-refractivity contribution in [1.82, 2.24) is 5.32 Å². The van der Waals surface area contributed by atoms with Crippen LogP contribution in [0.2, 0.25) is 0 Å². The molecule has 3 aromatic carbocycles. The summed E-state index contributed by atoms with van der Waals surface area (Å²) in [5, 5.41) is 5.73. The van der Waals surface area contributed by atoms with E-state index in [-0.39, 0.29) is 24.5 Å². The van der Waals surface area contributed by atoms with Gasteiger partial charge >= 0.3 is 0 Å². The number of ether oxygens (including phenoxy) is 1. The van der Waals surface area contributed by atoms with E-state index in [0.29, 0.717) is 17.0 Å². The molecule has 5 nitrogen and oxygen atoms in total. The molecule has 0 unspecified atom stereocenters. The van der Waals surface area contributed by atoms with E-state index in [1.165, 1.54) is 0 Å². The van der Waals surface area contributed by atoms with Gasteiger partial charge in [0.1, 0.15) is 5.75 Å². The van der Waals surface area contributed by atoms with E-state index in [1.807, 2.05) is 62.4 Å². The van der Waals surface area contributed by atoms with Gasteiger partial charge in [0.15, 0.2) is 6.61 Å². The molecule has 0 saturated heterocycles. The zero-order valence-electron chi connectivity index (χ0n) is 16.5. The van der Waals surface area contributed by atoms with Crippen molar-refractivity contribution in [3.63, 3.8) is 0 Å². The normalized spacial score (nSPS) is 11.4. The third-order valence-electron chi connectivity index (χ3n) is 4.45. The van der Waals surface area contributed by atoms with Gasteiger partial charge in [0.25, 0.3) is 11.8 Å². The predicted molar refractivity (Wildman–Crippen MR) is 114 cm³/mol. The second-order valence-electron chi connectivity index (χ2n) is 6.80. The van der Waals surface area contributed by atoms with E-state index in [0.717, 1.165) is 11.1 Å². The number of amides is 2. The van der Waals surface area contributed by atoms with Gasteiger partial charge in [-0.1, -0.05) is 54.6 Å². The fourth-order valence-electron chi connectivity index (χ4n) is 2.93. The molecular weight excluding hydrogens is 364 g/mol. The Balaban J connectivity index is 1.63. The van der Waals surface area contributed by atoms with Crippen LogP contribution in [0, 0.1) is 6.92 Å². The molecule has 0 aliphatic heterocycles. The number of hydrogen-bond donors (Lipinski definition) is 2. The first-order valence-corrected chi connectivity index (χ1v) is 9.47. The highest BCUT2D eigenvalue weighted by molar-refractivity contribution is 6.04. The van der Waals surface area contributed by atoms with E-state index in [1.54, 1.807) is 30.3 Å². The molecule has 0 aliphatic carbocycles. The lowest BCUT2D eigenvalue weighted by Gasteiger charge is -2.16. The fraction of sp³-hybridized carbons (Fsp3) is 0.167. The first-order chi connectivity index (χ1) is 14.0. The molecule has 29 heavy (non-hydrogen) atoms. The van der Waals surface area contributed by atoms with Gasteiger partial charge in [-0.25, -0.2) is 0 Å². The number of aryl methyl sites for hydroxylation is 1. The predicted octanol–water partition coefficient (Wildman–Crippen LogP) is 4.50. The van der Waals surface area contributed by atoms with Gasteiger partial charge in [0, 0.05) is 0 Å². The molecule has 0 bridgehead atoms. The maximum atomic E-state index is 12.8. The Bertz CT molecular complexity index is 986. The zero-order valence-corrected chi connectivity index (χ0v) is 16.5. The average molecular weight is 388 g/mol. The van der Waals surface area contributed by atoms with Crippen LogP contribution in [0.5, 0.6) is 5.75 Å². The Kier molecular flexibility index (Phi) is 6.63. The highest BCUT2D eigenvalue weighted by Gasteiger charge is 2.16. The number of hydrogen-bond acceptors (Lipinski definition) is 3. The van der Waals surface area contributed by atoms with Gasteiger partial charge in [-0.15, -0.1) is 0 Å². The van der Waals surface area contributed by atoms with Crippen molar-refractivity contribution in [1.29, 1.82) is 0 Å². The van der Waals surface area contributed by atoms with Crippen molar-refractivity contribution in [2.24, 2.45) is 0 Å². The van der Waals surface area contributed by atoms with Gasteiger partial charge in [-0.05, 0) is 49.2 Å². The Morgan fingerprint density at radius 3 is 2.41 bits per heavy atom. The molecule has 0 aliphatic rings. The monoisotopic (exact) mass is 388 g/mol. The van der Waals surface area contributed by atoms with Crippen molar-refractivity contribution in [2.75, 3.05) is 11.9 Å². The minimum atomic E-state index is -0.331. The van der Waals surface area contributed by atoms with Gasteiger partial charge in [0.2, 0.25) is 0 Å². The topological polar surface area (TPSA) is 67.4 Å². The van der Waals surface area contributed by atoms with Gasteiger partial charge in [0.05, 0.1) is 17.3 Å². The number of nitrogens with one attached hydrogen (secondary N) is 2. The number of carbonyl (C=O) groups is 2. The molecule has 0 radical (unpaired) electrons. The van der Waals surface area contributed by atoms with Crippen LogP contribution in [0.25, 0.3) is 0 Å². The summed E-state index contributed by atoms with van der Waals surface area (Å²) in [5.74, 6) is 0.0441. The van der Waals surface area contributed by atoms with E-state index in [4.69, 9.17) is 4.74 Å². The summed E-state index contributed by atoms with van der Waals surface area (Å²) in [6.07, 6.45) is 0. The molecule has 1 atom stereocenters. The van der Waals surface area contributed by atoms with Crippen LogP contribution in [-0.2, 0) is 4.79 Å². The highest BCUT2D eigenvalue weighted by atomic mass is 16.5. The number of para-hydroxylation sites is 1. The van der Waals surface area contributed by atoms with Crippen LogP contribution in [0.3, 0.4) is 0 Å². The molecule has 2 amide bonds. The first kappa shape index (κ1) is 20.1. The second-order valence-corrected chi connectivity index (χ2v) is 6.80. The van der Waals surface area contributed by atoms with E-state index < -0.39 is 0 Å². The first-order valence-electron chi connectivity index (χ1n) is 9.47. The summed E-state index contributed by atoms with van der Waals surface area (Å²) < 4.78 is 5.53. The van der Waals surface area contributed by atoms with Crippen molar-refractivity contribution >= 4 is 17.5 Å². The highest BCUT2D eigenvalue weighted by Crippen LogP contribution is 2.18. The van der Waals surface area contributed by atoms with Gasteiger partial charge in [-0.2, -0.15) is 0 Å². The smallest absolute Gasteiger partial charge is 0.262 e. The van der Waals surface area contributed by atoms with Gasteiger partial charge < -0.3 is 15.4 Å². The maximum Gasteiger partial charge on any atom is 0.262 e. The molecular formula is C24H24N2O3. The quantitative estimate of drug-likeness (QED) is 0.626. The zero-order chi connectivity index (χ0) is 20.6. The Hall–Kier alpha value is -3.60. The number of rotatable bonds is 7. The number of carbonyl (C=O) groups excluding carboxylic acids is 2. The third-order valence-corrected chi connectivity index (χ3v) is 4.45. The molecule has 3 rings (SSSR count). The summed E-state index contributed by atoms with van der Waals surface area (Å²) in [6.45, 7) is 3.74. The number of anilines is 1. The summed E-state index contributed by atoms with van der Waals surface area (Å²) in [5.41, 5.74) is 2.91. The van der Waals surface area contributed by atoms with E-state index in [2.05, 4.69) is 10.6 Å². The van der Waals surface area contributed by atoms with Crippen molar-refractivity contribution < 1.29 is 14.3 Å². The van der Waals surface area contributed by atoms with Crippen LogP contribution < -0.4 is 15.4 Å². The summed E-state index contributed by atoms with van der Waals surface area (Å²) >= 11 is 0. The average Bonchev–Trinajstić information content (AvgIpc) is 2.73. The summed E-state index contributed by atoms with van der Waals surface area (Å²) in [7, 11) is 0. The van der Waals surface area contributed by atoms with E-state index in [9.17, 15) is 9.59 Å². The molecule has 2 N–H and O–H groups in total. The lowest BCUT2D eigenvalue weighted by molar-refractivity contribution is -0.118. The largest absolute Gasteiger partial charge is 0.484 e. The van der Waals surface area contributed by atoms with Crippen molar-refractivity contribution in [2.45, 2.75) is 19.9 Å². The minimum absolute atomic E-state index is 0.139. The standard InChI is InChI=1S/C24H24N2O3/c1-17-9-8-12-20(15-17)29-16-23(27)26-22-14-7-6-13-21(22)24(28)25-18(2)19-10-4-3-5-11-19/h3-15,18H,16H2,1-2H3,(H,25,28)(H,26,27)/t18-/m1/s1. The van der Waals surface area contributed by atoms with Crippen molar-refractivity contribution in [3.05, 3.63) is 95.6 Å². The second kappa shape index (κ2) is 9.55. The molecule has 148 valence electrons.